The van der Waals surface area contributed by atoms with Gasteiger partial charge >= 0.3 is 0 Å². The van der Waals surface area contributed by atoms with E-state index in [4.69, 9.17) is 14.2 Å². The molecule has 2 unspecified atom stereocenters. The number of nitrogens with zero attached hydrogens (tertiary/aromatic N) is 2. The smallest absolute Gasteiger partial charge is 0.243 e. The summed E-state index contributed by atoms with van der Waals surface area (Å²) in [5, 5.41) is 6.74. The van der Waals surface area contributed by atoms with E-state index in [1.54, 1.807) is 33.2 Å². The SMILES string of the molecule is COc1ccc(CC(C)CNC(=NCC(=O)N(C)C)NCC2CCOC2)cc1OC.I. The number of carbonyl (C=O) groups is 1. The molecule has 9 heteroatoms. The molecule has 0 saturated carbocycles. The van der Waals surface area contributed by atoms with Crippen LogP contribution in [0.4, 0.5) is 0 Å². The molecular formula is C22H37IN4O4. The molecule has 1 aliphatic rings. The summed E-state index contributed by atoms with van der Waals surface area (Å²) in [5.41, 5.74) is 1.18. The highest BCUT2D eigenvalue weighted by atomic mass is 127. The average Bonchev–Trinajstić information content (AvgIpc) is 3.26. The summed E-state index contributed by atoms with van der Waals surface area (Å²) in [6, 6.07) is 6.00. The van der Waals surface area contributed by atoms with Gasteiger partial charge in [0.05, 0.1) is 20.8 Å². The zero-order chi connectivity index (χ0) is 21.9. The third-order valence-electron chi connectivity index (χ3n) is 5.10. The molecule has 1 fully saturated rings. The van der Waals surface area contributed by atoms with Crippen molar-refractivity contribution in [3.63, 3.8) is 0 Å². The second-order valence-electron chi connectivity index (χ2n) is 7.94. The maximum atomic E-state index is 11.9. The van der Waals surface area contributed by atoms with Crippen molar-refractivity contribution in [2.75, 3.05) is 61.2 Å². The quantitative estimate of drug-likeness (QED) is 0.265. The molecule has 2 rings (SSSR count). The van der Waals surface area contributed by atoms with Crippen LogP contribution in [0.5, 0.6) is 11.5 Å². The Hall–Kier alpha value is -1.75. The predicted molar refractivity (Wildman–Crippen MR) is 134 cm³/mol. The lowest BCUT2D eigenvalue weighted by Crippen LogP contribution is -2.42. The molecule has 0 aliphatic carbocycles. The van der Waals surface area contributed by atoms with Crippen molar-refractivity contribution in [1.82, 2.24) is 15.5 Å². The van der Waals surface area contributed by atoms with Crippen LogP contribution in [-0.4, -0.2) is 77.9 Å². The first-order valence-electron chi connectivity index (χ1n) is 10.4. The molecular weight excluding hydrogens is 511 g/mol. The third-order valence-corrected chi connectivity index (χ3v) is 5.10. The van der Waals surface area contributed by atoms with Crippen molar-refractivity contribution in [3.05, 3.63) is 23.8 Å². The van der Waals surface area contributed by atoms with Crippen molar-refractivity contribution in [1.29, 1.82) is 0 Å². The van der Waals surface area contributed by atoms with Gasteiger partial charge < -0.3 is 29.7 Å². The van der Waals surface area contributed by atoms with Gasteiger partial charge in [-0.25, -0.2) is 4.99 Å². The molecule has 0 aromatic heterocycles. The van der Waals surface area contributed by atoms with Crippen molar-refractivity contribution >= 4 is 35.8 Å². The van der Waals surface area contributed by atoms with Crippen molar-refractivity contribution in [2.45, 2.75) is 19.8 Å². The number of guanidine groups is 1. The molecule has 1 aromatic carbocycles. The minimum absolute atomic E-state index is 0. The Morgan fingerprint density at radius 3 is 2.61 bits per heavy atom. The second kappa shape index (κ2) is 14.3. The fraction of sp³-hybridized carbons (Fsp3) is 0.636. The molecule has 2 N–H and O–H groups in total. The number of amides is 1. The van der Waals surface area contributed by atoms with Gasteiger partial charge in [-0.3, -0.25) is 4.79 Å². The average molecular weight is 548 g/mol. The summed E-state index contributed by atoms with van der Waals surface area (Å²) in [5.74, 6) is 2.93. The Bertz CT molecular complexity index is 709. The van der Waals surface area contributed by atoms with E-state index < -0.39 is 0 Å². The van der Waals surface area contributed by atoms with Gasteiger partial charge in [0, 0.05) is 39.7 Å². The van der Waals surface area contributed by atoms with E-state index in [0.717, 1.165) is 50.6 Å². The van der Waals surface area contributed by atoms with Gasteiger partial charge in [-0.15, -0.1) is 24.0 Å². The largest absolute Gasteiger partial charge is 0.493 e. The van der Waals surface area contributed by atoms with Gasteiger partial charge in [0.2, 0.25) is 5.91 Å². The third kappa shape index (κ3) is 9.51. The van der Waals surface area contributed by atoms with Crippen LogP contribution in [-0.2, 0) is 16.0 Å². The van der Waals surface area contributed by atoms with E-state index in [2.05, 4.69) is 28.6 Å². The van der Waals surface area contributed by atoms with Crippen molar-refractivity contribution in [3.8, 4) is 11.5 Å². The maximum Gasteiger partial charge on any atom is 0.243 e. The monoisotopic (exact) mass is 548 g/mol. The van der Waals surface area contributed by atoms with Gasteiger partial charge in [0.25, 0.3) is 0 Å². The highest BCUT2D eigenvalue weighted by molar-refractivity contribution is 14.0. The number of halogens is 1. The fourth-order valence-corrected chi connectivity index (χ4v) is 3.20. The maximum absolute atomic E-state index is 11.9. The first-order valence-corrected chi connectivity index (χ1v) is 10.4. The number of ether oxygens (including phenoxy) is 3. The minimum atomic E-state index is -0.0290. The Morgan fingerprint density at radius 1 is 1.26 bits per heavy atom. The van der Waals surface area contributed by atoms with Gasteiger partial charge in [0.15, 0.2) is 17.5 Å². The van der Waals surface area contributed by atoms with Crippen LogP contribution < -0.4 is 20.1 Å². The number of nitrogens with one attached hydrogen (secondary N) is 2. The van der Waals surface area contributed by atoms with Gasteiger partial charge in [-0.2, -0.15) is 0 Å². The molecule has 1 amide bonds. The van der Waals surface area contributed by atoms with E-state index in [1.807, 2.05) is 12.1 Å². The van der Waals surface area contributed by atoms with E-state index >= 15 is 0 Å². The highest BCUT2D eigenvalue weighted by Gasteiger charge is 2.16. The molecule has 1 heterocycles. The molecule has 8 nitrogen and oxygen atoms in total. The summed E-state index contributed by atoms with van der Waals surface area (Å²) in [4.78, 5) is 17.9. The van der Waals surface area contributed by atoms with Crippen molar-refractivity contribution < 1.29 is 19.0 Å². The number of hydrogen-bond acceptors (Lipinski definition) is 5. The molecule has 31 heavy (non-hydrogen) atoms. The summed E-state index contributed by atoms with van der Waals surface area (Å²) in [6.45, 7) is 5.40. The molecule has 2 atom stereocenters. The lowest BCUT2D eigenvalue weighted by molar-refractivity contribution is -0.127. The summed E-state index contributed by atoms with van der Waals surface area (Å²) in [7, 11) is 6.75. The normalized spacial score (nSPS) is 16.8. The molecule has 176 valence electrons. The molecule has 1 saturated heterocycles. The van der Waals surface area contributed by atoms with Gasteiger partial charge in [0.1, 0.15) is 6.54 Å². The molecule has 0 radical (unpaired) electrons. The van der Waals surface area contributed by atoms with E-state index in [1.165, 1.54) is 5.56 Å². The van der Waals surface area contributed by atoms with E-state index in [-0.39, 0.29) is 36.4 Å². The zero-order valence-electron chi connectivity index (χ0n) is 19.3. The van der Waals surface area contributed by atoms with Crippen LogP contribution in [0.3, 0.4) is 0 Å². The van der Waals surface area contributed by atoms with E-state index in [9.17, 15) is 4.79 Å². The minimum Gasteiger partial charge on any atom is -0.493 e. The van der Waals surface area contributed by atoms with E-state index in [0.29, 0.717) is 17.8 Å². The number of likely N-dealkylation sites (N-methyl/N-ethyl adjacent to an activating group) is 1. The number of methoxy groups -OCH3 is 2. The summed E-state index contributed by atoms with van der Waals surface area (Å²) in [6.07, 6.45) is 1.93. The van der Waals surface area contributed by atoms with Crippen LogP contribution >= 0.6 is 24.0 Å². The molecule has 0 spiro atoms. The van der Waals surface area contributed by atoms with Crippen molar-refractivity contribution in [2.24, 2.45) is 16.8 Å². The van der Waals surface area contributed by atoms with Crippen LogP contribution in [0.25, 0.3) is 0 Å². The Balaban J connectivity index is 0.00000480. The van der Waals surface area contributed by atoms with Crippen LogP contribution in [0.1, 0.15) is 18.9 Å². The number of carbonyl (C=O) groups excluding carboxylic acids is 1. The Kier molecular flexibility index (Phi) is 12.6. The molecule has 1 aliphatic heterocycles. The standard InChI is InChI=1S/C22H36N4O4.HI/c1-16(10-17-6-7-19(28-4)20(11-17)29-5)12-23-22(25-14-21(27)26(2)3)24-13-18-8-9-30-15-18;/h6-7,11,16,18H,8-10,12-15H2,1-5H3,(H2,23,24,25);1H. The topological polar surface area (TPSA) is 84.4 Å². The Labute approximate surface area is 203 Å². The number of rotatable bonds is 10. The Morgan fingerprint density at radius 2 is 2.00 bits per heavy atom. The number of hydrogen-bond donors (Lipinski definition) is 2. The van der Waals surface area contributed by atoms with Gasteiger partial charge in [-0.1, -0.05) is 13.0 Å². The predicted octanol–water partition coefficient (Wildman–Crippen LogP) is 2.16. The molecule has 0 bridgehead atoms. The lowest BCUT2D eigenvalue weighted by Gasteiger charge is -2.19. The van der Waals surface area contributed by atoms with Gasteiger partial charge in [-0.05, 0) is 36.5 Å². The first-order chi connectivity index (χ1) is 14.4. The summed E-state index contributed by atoms with van der Waals surface area (Å²) >= 11 is 0. The van der Waals surface area contributed by atoms with Crippen LogP contribution in [0.2, 0.25) is 0 Å². The first kappa shape index (κ1) is 27.3. The van der Waals surface area contributed by atoms with Crippen LogP contribution in [0.15, 0.2) is 23.2 Å². The second-order valence-corrected chi connectivity index (χ2v) is 7.94. The molecule has 1 aromatic rings. The fourth-order valence-electron chi connectivity index (χ4n) is 3.20. The summed E-state index contributed by atoms with van der Waals surface area (Å²) < 4.78 is 16.1. The van der Waals surface area contributed by atoms with Crippen LogP contribution in [0, 0.1) is 11.8 Å². The highest BCUT2D eigenvalue weighted by Crippen LogP contribution is 2.28. The number of aliphatic imine (C=N–C) groups is 1. The lowest BCUT2D eigenvalue weighted by atomic mass is 10.0. The zero-order valence-corrected chi connectivity index (χ0v) is 21.6. The number of benzene rings is 1.